The summed E-state index contributed by atoms with van der Waals surface area (Å²) in [5.74, 6) is -0.871. The van der Waals surface area contributed by atoms with Crippen molar-refractivity contribution in [2.75, 3.05) is 6.54 Å². The Morgan fingerprint density at radius 3 is 2.03 bits per heavy atom. The highest BCUT2D eigenvalue weighted by Crippen LogP contribution is 2.22. The van der Waals surface area contributed by atoms with Crippen LogP contribution in [0.25, 0.3) is 0 Å². The zero-order chi connectivity index (χ0) is 23.3. The summed E-state index contributed by atoms with van der Waals surface area (Å²) in [5.41, 5.74) is 1.37. The molecule has 1 amide bonds. The second kappa shape index (κ2) is 10.4. The molecule has 5 nitrogen and oxygen atoms in total. The molecule has 0 aliphatic carbocycles. The van der Waals surface area contributed by atoms with Crippen LogP contribution in [-0.4, -0.2) is 25.2 Å². The molecule has 1 N–H and O–H groups in total. The number of rotatable bonds is 8. The van der Waals surface area contributed by atoms with Crippen LogP contribution in [0.2, 0.25) is 10.0 Å². The number of nitrogens with zero attached hydrogens (tertiary/aromatic N) is 1. The van der Waals surface area contributed by atoms with Gasteiger partial charge in [-0.1, -0.05) is 47.5 Å². The van der Waals surface area contributed by atoms with Crippen LogP contribution < -0.4 is 5.32 Å². The molecular weight excluding hydrogens is 474 g/mol. The smallest absolute Gasteiger partial charge is 0.243 e. The van der Waals surface area contributed by atoms with Gasteiger partial charge in [-0.05, 0) is 66.6 Å². The third-order valence-electron chi connectivity index (χ3n) is 4.79. The first kappa shape index (κ1) is 24.2. The van der Waals surface area contributed by atoms with Crippen molar-refractivity contribution in [1.82, 2.24) is 9.62 Å². The van der Waals surface area contributed by atoms with E-state index in [1.165, 1.54) is 36.4 Å². The van der Waals surface area contributed by atoms with Crippen molar-refractivity contribution < 1.29 is 17.6 Å². The monoisotopic (exact) mass is 494 g/mol. The van der Waals surface area contributed by atoms with Gasteiger partial charge in [0, 0.05) is 16.6 Å². The van der Waals surface area contributed by atoms with Crippen LogP contribution in [0, 0.1) is 5.82 Å². The van der Waals surface area contributed by atoms with Gasteiger partial charge in [-0.2, -0.15) is 4.31 Å². The van der Waals surface area contributed by atoms with Crippen LogP contribution in [0.1, 0.15) is 24.1 Å². The molecule has 0 unspecified atom stereocenters. The Hall–Kier alpha value is -2.45. The van der Waals surface area contributed by atoms with E-state index in [1.54, 1.807) is 43.3 Å². The van der Waals surface area contributed by atoms with Gasteiger partial charge in [-0.3, -0.25) is 4.79 Å². The first-order valence-corrected chi connectivity index (χ1v) is 11.9. The Bertz CT molecular complexity index is 1170. The minimum Gasteiger partial charge on any atom is -0.348 e. The Morgan fingerprint density at radius 2 is 1.47 bits per heavy atom. The highest BCUT2D eigenvalue weighted by atomic mass is 35.5. The Labute approximate surface area is 196 Å². The van der Waals surface area contributed by atoms with Crippen LogP contribution in [-0.2, 0) is 21.4 Å². The maximum absolute atomic E-state index is 13.3. The average molecular weight is 495 g/mol. The lowest BCUT2D eigenvalue weighted by molar-refractivity contribution is -0.122. The third kappa shape index (κ3) is 6.29. The molecule has 0 aromatic heterocycles. The summed E-state index contributed by atoms with van der Waals surface area (Å²) in [7, 11) is -4.00. The fraction of sp³-hybridized carbons (Fsp3) is 0.174. The van der Waals surface area contributed by atoms with Crippen molar-refractivity contribution in [1.29, 1.82) is 0 Å². The van der Waals surface area contributed by atoms with Crippen molar-refractivity contribution in [3.63, 3.8) is 0 Å². The SMILES string of the molecule is C[C@H](NC(=O)CN(Cc1ccc(Cl)cc1)S(=O)(=O)c1ccc(Cl)cc1)c1ccc(F)cc1. The third-order valence-corrected chi connectivity index (χ3v) is 7.10. The van der Waals surface area contributed by atoms with Gasteiger partial charge >= 0.3 is 0 Å². The van der Waals surface area contributed by atoms with Crippen LogP contribution in [0.15, 0.2) is 77.7 Å². The number of sulfonamides is 1. The molecule has 9 heteroatoms. The molecule has 0 saturated carbocycles. The van der Waals surface area contributed by atoms with Gasteiger partial charge in [0.2, 0.25) is 15.9 Å². The largest absolute Gasteiger partial charge is 0.348 e. The molecule has 0 bridgehead atoms. The van der Waals surface area contributed by atoms with Crippen molar-refractivity contribution in [3.8, 4) is 0 Å². The zero-order valence-corrected chi connectivity index (χ0v) is 19.5. The number of benzene rings is 3. The molecule has 0 heterocycles. The second-order valence-corrected chi connectivity index (χ2v) is 10.0. The quantitative estimate of drug-likeness (QED) is 0.467. The molecule has 168 valence electrons. The number of carbonyl (C=O) groups excluding carboxylic acids is 1. The van der Waals surface area contributed by atoms with Gasteiger partial charge in [0.25, 0.3) is 0 Å². The second-order valence-electron chi connectivity index (χ2n) is 7.19. The van der Waals surface area contributed by atoms with Gasteiger partial charge in [0.1, 0.15) is 5.82 Å². The summed E-state index contributed by atoms with van der Waals surface area (Å²) in [6.07, 6.45) is 0. The van der Waals surface area contributed by atoms with E-state index >= 15 is 0 Å². The van der Waals surface area contributed by atoms with Gasteiger partial charge in [0.15, 0.2) is 0 Å². The summed E-state index contributed by atoms with van der Waals surface area (Å²) in [4.78, 5) is 12.8. The number of hydrogen-bond acceptors (Lipinski definition) is 3. The number of amides is 1. The van der Waals surface area contributed by atoms with Gasteiger partial charge in [0.05, 0.1) is 17.5 Å². The molecule has 0 fully saturated rings. The predicted molar refractivity (Wildman–Crippen MR) is 123 cm³/mol. The molecule has 0 aliphatic rings. The van der Waals surface area contributed by atoms with E-state index in [0.717, 1.165) is 4.31 Å². The van der Waals surface area contributed by atoms with Crippen molar-refractivity contribution >= 4 is 39.1 Å². The fourth-order valence-electron chi connectivity index (χ4n) is 3.06. The topological polar surface area (TPSA) is 66.5 Å². The van der Waals surface area contributed by atoms with E-state index < -0.39 is 28.5 Å². The first-order valence-electron chi connectivity index (χ1n) is 9.70. The van der Waals surface area contributed by atoms with Gasteiger partial charge in [-0.15, -0.1) is 0 Å². The van der Waals surface area contributed by atoms with Gasteiger partial charge < -0.3 is 5.32 Å². The molecule has 0 radical (unpaired) electrons. The zero-order valence-electron chi connectivity index (χ0n) is 17.1. The van der Waals surface area contributed by atoms with Crippen LogP contribution in [0.3, 0.4) is 0 Å². The molecule has 3 rings (SSSR count). The minimum atomic E-state index is -4.00. The Kier molecular flexibility index (Phi) is 7.90. The lowest BCUT2D eigenvalue weighted by Gasteiger charge is -2.23. The number of hydrogen-bond donors (Lipinski definition) is 1. The molecule has 3 aromatic rings. The molecule has 1 atom stereocenters. The van der Waals surface area contributed by atoms with Crippen LogP contribution >= 0.6 is 23.2 Å². The predicted octanol–water partition coefficient (Wildman–Crippen LogP) is 5.20. The average Bonchev–Trinajstić information content (AvgIpc) is 2.75. The summed E-state index contributed by atoms with van der Waals surface area (Å²) >= 11 is 11.8. The maximum Gasteiger partial charge on any atom is 0.243 e. The Morgan fingerprint density at radius 1 is 0.938 bits per heavy atom. The van der Waals surface area contributed by atoms with E-state index in [1.807, 2.05) is 0 Å². The maximum atomic E-state index is 13.3. The molecule has 0 spiro atoms. The van der Waals surface area contributed by atoms with E-state index in [4.69, 9.17) is 23.2 Å². The Balaban J connectivity index is 1.82. The van der Waals surface area contributed by atoms with Crippen molar-refractivity contribution in [3.05, 3.63) is 99.8 Å². The molecule has 0 saturated heterocycles. The van der Waals surface area contributed by atoms with Crippen molar-refractivity contribution in [2.24, 2.45) is 0 Å². The number of halogens is 3. The first-order chi connectivity index (χ1) is 15.1. The molecule has 0 aliphatic heterocycles. The van der Waals surface area contributed by atoms with Gasteiger partial charge in [-0.25, -0.2) is 12.8 Å². The molecular formula is C23H21Cl2FN2O3S. The van der Waals surface area contributed by atoms with Crippen LogP contribution in [0.4, 0.5) is 4.39 Å². The van der Waals surface area contributed by atoms with E-state index in [0.29, 0.717) is 21.2 Å². The highest BCUT2D eigenvalue weighted by Gasteiger charge is 2.27. The summed E-state index contributed by atoms with van der Waals surface area (Å²) in [5, 5.41) is 3.69. The van der Waals surface area contributed by atoms with Crippen LogP contribution in [0.5, 0.6) is 0 Å². The molecule has 3 aromatic carbocycles. The van der Waals surface area contributed by atoms with E-state index in [2.05, 4.69) is 5.32 Å². The summed E-state index contributed by atoms with van der Waals surface area (Å²) in [6.45, 7) is 1.31. The molecule has 32 heavy (non-hydrogen) atoms. The van der Waals surface area contributed by atoms with Crippen molar-refractivity contribution in [2.45, 2.75) is 24.4 Å². The highest BCUT2D eigenvalue weighted by molar-refractivity contribution is 7.89. The minimum absolute atomic E-state index is 0.0234. The lowest BCUT2D eigenvalue weighted by Crippen LogP contribution is -2.41. The normalized spacial score (nSPS) is 12.5. The van der Waals surface area contributed by atoms with E-state index in [-0.39, 0.29) is 17.3 Å². The summed E-state index contributed by atoms with van der Waals surface area (Å²) in [6, 6.07) is 17.8. The van der Waals surface area contributed by atoms with E-state index in [9.17, 15) is 17.6 Å². The number of carbonyl (C=O) groups is 1. The lowest BCUT2D eigenvalue weighted by atomic mass is 10.1. The fourth-order valence-corrected chi connectivity index (χ4v) is 4.69. The number of nitrogens with one attached hydrogen (secondary N) is 1. The summed E-state index contributed by atoms with van der Waals surface area (Å²) < 4.78 is 40.8. The standard InChI is InChI=1S/C23H21Cl2FN2O3S/c1-16(18-4-10-21(26)11-5-18)27-23(29)15-28(14-17-2-6-19(24)7-3-17)32(30,31)22-12-8-20(25)9-13-22/h2-13,16H,14-15H2,1H3,(H,27,29)/t16-/m0/s1.